The molecule has 1 N–H and O–H groups in total. The lowest BCUT2D eigenvalue weighted by atomic mass is 10.3. The maximum Gasteiger partial charge on any atom is 0.237 e. The van der Waals surface area contributed by atoms with E-state index in [1.807, 2.05) is 7.05 Å². The molecule has 94 valence electrons. The molecule has 0 saturated carbocycles. The SMILES string of the molecule is CNCc1cnc(Oc2cc(F)cc(Br)c2)cn1. The van der Waals surface area contributed by atoms with Crippen molar-refractivity contribution in [3.05, 3.63) is 46.6 Å². The molecule has 0 unspecified atom stereocenters. The fourth-order valence-corrected chi connectivity index (χ4v) is 1.82. The first kappa shape index (κ1) is 12.9. The van der Waals surface area contributed by atoms with E-state index in [4.69, 9.17) is 4.74 Å². The molecule has 6 heteroatoms. The van der Waals surface area contributed by atoms with Gasteiger partial charge < -0.3 is 10.1 Å². The summed E-state index contributed by atoms with van der Waals surface area (Å²) >= 11 is 3.19. The Morgan fingerprint density at radius 3 is 2.72 bits per heavy atom. The lowest BCUT2D eigenvalue weighted by Gasteiger charge is -2.05. The van der Waals surface area contributed by atoms with Gasteiger partial charge in [-0.25, -0.2) is 9.37 Å². The van der Waals surface area contributed by atoms with Gasteiger partial charge in [-0.2, -0.15) is 0 Å². The maximum absolute atomic E-state index is 13.1. The van der Waals surface area contributed by atoms with E-state index >= 15 is 0 Å². The summed E-state index contributed by atoms with van der Waals surface area (Å²) in [6.07, 6.45) is 3.12. The topological polar surface area (TPSA) is 47.0 Å². The van der Waals surface area contributed by atoms with E-state index in [1.165, 1.54) is 18.3 Å². The van der Waals surface area contributed by atoms with Crippen LogP contribution in [0, 0.1) is 5.82 Å². The normalized spacial score (nSPS) is 10.4. The lowest BCUT2D eigenvalue weighted by molar-refractivity contribution is 0.454. The van der Waals surface area contributed by atoms with Crippen LogP contribution >= 0.6 is 15.9 Å². The van der Waals surface area contributed by atoms with Crippen LogP contribution in [-0.4, -0.2) is 17.0 Å². The highest BCUT2D eigenvalue weighted by Gasteiger charge is 2.03. The van der Waals surface area contributed by atoms with Crippen molar-refractivity contribution in [2.45, 2.75) is 6.54 Å². The largest absolute Gasteiger partial charge is 0.437 e. The Kier molecular flexibility index (Phi) is 4.22. The number of rotatable bonds is 4. The van der Waals surface area contributed by atoms with Gasteiger partial charge >= 0.3 is 0 Å². The zero-order chi connectivity index (χ0) is 13.0. The van der Waals surface area contributed by atoms with Crippen molar-refractivity contribution in [3.63, 3.8) is 0 Å². The average molecular weight is 312 g/mol. The minimum Gasteiger partial charge on any atom is -0.437 e. The van der Waals surface area contributed by atoms with Gasteiger partial charge in [0.05, 0.1) is 18.1 Å². The third kappa shape index (κ3) is 3.48. The predicted octanol–water partition coefficient (Wildman–Crippen LogP) is 2.89. The van der Waals surface area contributed by atoms with Crippen LogP contribution in [0.25, 0.3) is 0 Å². The molecule has 0 aliphatic rings. The minimum absolute atomic E-state index is 0.326. The lowest BCUT2D eigenvalue weighted by Crippen LogP contribution is -2.07. The highest BCUT2D eigenvalue weighted by molar-refractivity contribution is 9.10. The number of benzene rings is 1. The van der Waals surface area contributed by atoms with E-state index in [0.717, 1.165) is 5.69 Å². The fourth-order valence-electron chi connectivity index (χ4n) is 1.38. The molecule has 0 amide bonds. The summed E-state index contributed by atoms with van der Waals surface area (Å²) in [5.41, 5.74) is 0.810. The fraction of sp³-hybridized carbons (Fsp3) is 0.167. The quantitative estimate of drug-likeness (QED) is 0.943. The molecular formula is C12H11BrFN3O. The zero-order valence-corrected chi connectivity index (χ0v) is 11.2. The van der Waals surface area contributed by atoms with Crippen LogP contribution in [0.2, 0.25) is 0 Å². The van der Waals surface area contributed by atoms with Crippen molar-refractivity contribution >= 4 is 15.9 Å². The molecule has 4 nitrogen and oxygen atoms in total. The van der Waals surface area contributed by atoms with Crippen molar-refractivity contribution in [2.75, 3.05) is 7.05 Å². The van der Waals surface area contributed by atoms with Crippen molar-refractivity contribution < 1.29 is 9.13 Å². The third-order valence-electron chi connectivity index (χ3n) is 2.10. The second-order valence-corrected chi connectivity index (χ2v) is 4.50. The van der Waals surface area contributed by atoms with Crippen LogP contribution in [0.15, 0.2) is 35.1 Å². The first-order valence-electron chi connectivity index (χ1n) is 5.27. The minimum atomic E-state index is -0.376. The summed E-state index contributed by atoms with van der Waals surface area (Å²) in [6.45, 7) is 0.638. The zero-order valence-electron chi connectivity index (χ0n) is 9.65. The number of nitrogens with one attached hydrogen (secondary N) is 1. The van der Waals surface area contributed by atoms with Gasteiger partial charge in [0.25, 0.3) is 0 Å². The molecular weight excluding hydrogens is 301 g/mol. The van der Waals surface area contributed by atoms with Gasteiger partial charge in [0.15, 0.2) is 0 Å². The Morgan fingerprint density at radius 1 is 1.28 bits per heavy atom. The number of halogens is 2. The van der Waals surface area contributed by atoms with Crippen LogP contribution in [0.4, 0.5) is 4.39 Å². The van der Waals surface area contributed by atoms with Gasteiger partial charge in [0.2, 0.25) is 5.88 Å². The molecule has 18 heavy (non-hydrogen) atoms. The van der Waals surface area contributed by atoms with Gasteiger partial charge in [0.1, 0.15) is 11.6 Å². The molecule has 2 aromatic rings. The Hall–Kier alpha value is -1.53. The molecule has 0 aliphatic carbocycles. The number of aromatic nitrogens is 2. The standard InChI is InChI=1S/C12H11BrFN3O/c1-15-5-10-6-17-12(7-16-10)18-11-3-8(13)2-9(14)4-11/h2-4,6-7,15H,5H2,1H3. The number of hydrogen-bond donors (Lipinski definition) is 1. The monoisotopic (exact) mass is 311 g/mol. The van der Waals surface area contributed by atoms with E-state index in [-0.39, 0.29) is 5.82 Å². The molecule has 1 aromatic carbocycles. The van der Waals surface area contributed by atoms with Gasteiger partial charge in [-0.3, -0.25) is 4.98 Å². The van der Waals surface area contributed by atoms with Crippen molar-refractivity contribution in [1.82, 2.24) is 15.3 Å². The van der Waals surface area contributed by atoms with Crippen molar-refractivity contribution in [3.8, 4) is 11.6 Å². The first-order valence-corrected chi connectivity index (χ1v) is 6.06. The highest BCUT2D eigenvalue weighted by atomic mass is 79.9. The van der Waals surface area contributed by atoms with Crippen molar-refractivity contribution in [2.24, 2.45) is 0 Å². The molecule has 0 atom stereocenters. The average Bonchev–Trinajstić information content (AvgIpc) is 2.31. The number of nitrogens with zero attached hydrogens (tertiary/aromatic N) is 2. The molecule has 0 spiro atoms. The van der Waals surface area contributed by atoms with Crippen LogP contribution in [0.3, 0.4) is 0 Å². The summed E-state index contributed by atoms with van der Waals surface area (Å²) in [6, 6.07) is 4.30. The van der Waals surface area contributed by atoms with E-state index in [9.17, 15) is 4.39 Å². The van der Waals surface area contributed by atoms with Crippen LogP contribution in [-0.2, 0) is 6.54 Å². The molecule has 1 aromatic heterocycles. The van der Waals surface area contributed by atoms with E-state index in [1.54, 1.807) is 12.3 Å². The Morgan fingerprint density at radius 2 is 2.11 bits per heavy atom. The molecule has 0 aliphatic heterocycles. The molecule has 0 fully saturated rings. The molecule has 2 rings (SSSR count). The molecule has 0 saturated heterocycles. The first-order chi connectivity index (χ1) is 8.67. The van der Waals surface area contributed by atoms with E-state index in [0.29, 0.717) is 22.6 Å². The Bertz CT molecular complexity index is 513. The summed E-state index contributed by atoms with van der Waals surface area (Å²) in [7, 11) is 1.83. The summed E-state index contributed by atoms with van der Waals surface area (Å²) in [5, 5.41) is 2.97. The van der Waals surface area contributed by atoms with Gasteiger partial charge in [-0.1, -0.05) is 15.9 Å². The predicted molar refractivity (Wildman–Crippen MR) is 69.0 cm³/mol. The van der Waals surface area contributed by atoms with E-state index < -0.39 is 0 Å². The van der Waals surface area contributed by atoms with Crippen molar-refractivity contribution in [1.29, 1.82) is 0 Å². The van der Waals surface area contributed by atoms with Gasteiger partial charge in [0, 0.05) is 17.1 Å². The second-order valence-electron chi connectivity index (χ2n) is 3.58. The van der Waals surface area contributed by atoms with Gasteiger partial charge in [-0.05, 0) is 19.2 Å². The Labute approximate surface area is 112 Å². The molecule has 0 bridgehead atoms. The smallest absolute Gasteiger partial charge is 0.237 e. The van der Waals surface area contributed by atoms with Gasteiger partial charge in [-0.15, -0.1) is 0 Å². The summed E-state index contributed by atoms with van der Waals surface area (Å²) in [5.74, 6) is 0.323. The van der Waals surface area contributed by atoms with Crippen LogP contribution in [0.5, 0.6) is 11.6 Å². The Balaban J connectivity index is 2.13. The second kappa shape index (κ2) is 5.88. The maximum atomic E-state index is 13.1. The third-order valence-corrected chi connectivity index (χ3v) is 2.56. The molecule has 0 radical (unpaired) electrons. The molecule has 1 heterocycles. The number of hydrogen-bond acceptors (Lipinski definition) is 4. The van der Waals surface area contributed by atoms with E-state index in [2.05, 4.69) is 31.2 Å². The highest BCUT2D eigenvalue weighted by Crippen LogP contribution is 2.24. The number of ether oxygens (including phenoxy) is 1. The van der Waals surface area contributed by atoms with Crippen LogP contribution in [0.1, 0.15) is 5.69 Å². The summed E-state index contributed by atoms with van der Waals surface area (Å²) in [4.78, 5) is 8.24. The summed E-state index contributed by atoms with van der Waals surface area (Å²) < 4.78 is 19.2. The van der Waals surface area contributed by atoms with Crippen LogP contribution < -0.4 is 10.1 Å².